The Labute approximate surface area is 198 Å². The second-order valence-corrected chi connectivity index (χ2v) is 10.2. The minimum atomic E-state index is -0.155. The largest absolute Gasteiger partial charge is 0.356 e. The maximum absolute atomic E-state index is 13.4. The molecule has 0 aromatic carbocycles. The fraction of sp³-hybridized carbons (Fsp3) is 0.500. The summed E-state index contributed by atoms with van der Waals surface area (Å²) in [5.74, 6) is 1.00. The van der Waals surface area contributed by atoms with Crippen molar-refractivity contribution in [1.82, 2.24) is 14.3 Å². The van der Waals surface area contributed by atoms with Gasteiger partial charge in [-0.25, -0.2) is 4.98 Å². The number of thioether (sulfide) groups is 1. The van der Waals surface area contributed by atoms with Crippen molar-refractivity contribution in [3.05, 3.63) is 45.2 Å². The lowest BCUT2D eigenvalue weighted by Crippen LogP contribution is -2.33. The van der Waals surface area contributed by atoms with Gasteiger partial charge in [-0.3, -0.25) is 18.9 Å². The van der Waals surface area contributed by atoms with E-state index < -0.39 is 0 Å². The average Bonchev–Trinajstić information content (AvgIpc) is 3.42. The molecule has 0 saturated carbocycles. The molecule has 0 N–H and O–H groups in total. The van der Waals surface area contributed by atoms with Crippen LogP contribution in [0.3, 0.4) is 0 Å². The van der Waals surface area contributed by atoms with Gasteiger partial charge in [-0.1, -0.05) is 63.2 Å². The molecule has 1 amide bonds. The van der Waals surface area contributed by atoms with Gasteiger partial charge in [-0.15, -0.1) is 0 Å². The van der Waals surface area contributed by atoms with Crippen LogP contribution in [0, 0.1) is 5.92 Å². The molecule has 4 rings (SSSR count). The number of hydrogen-bond donors (Lipinski definition) is 0. The van der Waals surface area contributed by atoms with Gasteiger partial charge >= 0.3 is 0 Å². The normalized spacial score (nSPS) is 19.0. The van der Waals surface area contributed by atoms with Gasteiger partial charge in [0.15, 0.2) is 0 Å². The van der Waals surface area contributed by atoms with Gasteiger partial charge in [0.05, 0.1) is 10.5 Å². The Bertz CT molecular complexity index is 1100. The Morgan fingerprint density at radius 3 is 2.72 bits per heavy atom. The van der Waals surface area contributed by atoms with E-state index in [1.807, 2.05) is 18.2 Å². The number of carbonyl (C=O) groups is 1. The molecular formula is C24H30N4O2S2. The van der Waals surface area contributed by atoms with Crippen LogP contribution >= 0.6 is 24.0 Å². The third-order valence-corrected chi connectivity index (χ3v) is 7.67. The van der Waals surface area contributed by atoms with Crippen molar-refractivity contribution in [2.45, 2.75) is 52.4 Å². The van der Waals surface area contributed by atoms with Crippen molar-refractivity contribution < 1.29 is 4.79 Å². The molecule has 2 aliphatic heterocycles. The number of amides is 1. The van der Waals surface area contributed by atoms with Crippen molar-refractivity contribution in [2.24, 2.45) is 5.92 Å². The zero-order chi connectivity index (χ0) is 22.7. The Balaban J connectivity index is 1.70. The second-order valence-electron chi connectivity index (χ2n) is 8.49. The lowest BCUT2D eigenvalue weighted by atomic mass is 9.99. The number of carbonyl (C=O) groups excluding carboxylic acids is 1. The predicted octanol–water partition coefficient (Wildman–Crippen LogP) is 4.71. The van der Waals surface area contributed by atoms with E-state index in [9.17, 15) is 9.59 Å². The first-order valence-corrected chi connectivity index (χ1v) is 12.8. The van der Waals surface area contributed by atoms with E-state index in [0.717, 1.165) is 51.6 Å². The van der Waals surface area contributed by atoms with Crippen LogP contribution in [0.4, 0.5) is 5.82 Å². The molecule has 0 radical (unpaired) electrons. The molecule has 32 heavy (non-hydrogen) atoms. The molecule has 0 spiro atoms. The van der Waals surface area contributed by atoms with E-state index in [-0.39, 0.29) is 11.5 Å². The number of nitrogens with zero attached hydrogens (tertiary/aromatic N) is 4. The quantitative estimate of drug-likeness (QED) is 0.411. The Kier molecular flexibility index (Phi) is 7.30. The number of rotatable bonds is 8. The third-order valence-electron chi connectivity index (χ3n) is 6.29. The van der Waals surface area contributed by atoms with Crippen LogP contribution in [0.15, 0.2) is 34.1 Å². The van der Waals surface area contributed by atoms with Gasteiger partial charge in [0, 0.05) is 25.8 Å². The van der Waals surface area contributed by atoms with Crippen LogP contribution in [0.25, 0.3) is 11.7 Å². The van der Waals surface area contributed by atoms with Crippen LogP contribution < -0.4 is 10.5 Å². The highest BCUT2D eigenvalue weighted by Gasteiger charge is 2.34. The first-order valence-electron chi connectivity index (χ1n) is 11.5. The number of aromatic nitrogens is 2. The van der Waals surface area contributed by atoms with E-state index in [1.54, 1.807) is 21.6 Å². The summed E-state index contributed by atoms with van der Waals surface area (Å²) in [4.78, 5) is 35.8. The van der Waals surface area contributed by atoms with E-state index in [2.05, 4.69) is 18.7 Å². The fourth-order valence-electron chi connectivity index (χ4n) is 4.35. The third kappa shape index (κ3) is 4.62. The molecule has 2 aromatic heterocycles. The van der Waals surface area contributed by atoms with Gasteiger partial charge in [0.1, 0.15) is 15.8 Å². The summed E-state index contributed by atoms with van der Waals surface area (Å²) in [7, 11) is 0. The molecule has 0 bridgehead atoms. The number of unbranched alkanes of at least 4 members (excludes halogenated alkanes) is 1. The Morgan fingerprint density at radius 2 is 2.00 bits per heavy atom. The smallest absolute Gasteiger partial charge is 0.267 e. The van der Waals surface area contributed by atoms with Crippen LogP contribution in [0.2, 0.25) is 0 Å². The maximum atomic E-state index is 13.4. The minimum absolute atomic E-state index is 0.0973. The molecule has 2 fully saturated rings. The zero-order valence-corrected chi connectivity index (χ0v) is 20.4. The molecule has 6 nitrogen and oxygen atoms in total. The maximum Gasteiger partial charge on any atom is 0.267 e. The standard InChI is InChI=1S/C24H30N4O2S2/c1-3-5-10-17(4-2)16-28-23(30)19(32-24(28)31)15-18-21(26-12-8-9-13-26)25-20-11-6-7-14-27(20)22(18)29/h6-7,11,14-15,17H,3-5,8-10,12-13,16H2,1-2H3/b19-15-/t17-/m1/s1. The molecule has 2 aliphatic rings. The van der Waals surface area contributed by atoms with Crippen molar-refractivity contribution in [2.75, 3.05) is 24.5 Å². The molecule has 0 unspecified atom stereocenters. The van der Waals surface area contributed by atoms with Crippen molar-refractivity contribution in [1.29, 1.82) is 0 Å². The SMILES string of the molecule is CCCC[C@@H](CC)CN1C(=O)/C(=C/c2c(N3CCCC3)nc3ccccn3c2=O)SC1=S. The first kappa shape index (κ1) is 23.0. The minimum Gasteiger partial charge on any atom is -0.356 e. The summed E-state index contributed by atoms with van der Waals surface area (Å²) < 4.78 is 2.12. The Morgan fingerprint density at radius 1 is 1.22 bits per heavy atom. The van der Waals surface area contributed by atoms with E-state index >= 15 is 0 Å². The van der Waals surface area contributed by atoms with E-state index in [1.165, 1.54) is 11.8 Å². The van der Waals surface area contributed by atoms with Gasteiger partial charge < -0.3 is 4.90 Å². The Hall–Kier alpha value is -2.19. The van der Waals surface area contributed by atoms with Crippen LogP contribution in [0.1, 0.15) is 57.9 Å². The molecule has 0 aliphatic carbocycles. The lowest BCUT2D eigenvalue weighted by molar-refractivity contribution is -0.122. The molecular weight excluding hydrogens is 440 g/mol. The highest BCUT2D eigenvalue weighted by atomic mass is 32.2. The molecule has 170 valence electrons. The van der Waals surface area contributed by atoms with Crippen molar-refractivity contribution >= 4 is 51.7 Å². The summed E-state index contributed by atoms with van der Waals surface area (Å²) in [5.41, 5.74) is 0.928. The lowest BCUT2D eigenvalue weighted by Gasteiger charge is -2.22. The summed E-state index contributed by atoms with van der Waals surface area (Å²) in [5, 5.41) is 0. The predicted molar refractivity (Wildman–Crippen MR) is 136 cm³/mol. The van der Waals surface area contributed by atoms with E-state index in [0.29, 0.717) is 38.7 Å². The average molecular weight is 471 g/mol. The van der Waals surface area contributed by atoms with Gasteiger partial charge in [0.2, 0.25) is 0 Å². The summed E-state index contributed by atoms with van der Waals surface area (Å²) >= 11 is 6.85. The summed E-state index contributed by atoms with van der Waals surface area (Å²) in [6.07, 6.45) is 10.0. The molecule has 8 heteroatoms. The monoisotopic (exact) mass is 470 g/mol. The summed E-state index contributed by atoms with van der Waals surface area (Å²) in [6, 6.07) is 5.53. The molecule has 2 saturated heterocycles. The molecule has 1 atom stereocenters. The molecule has 2 aromatic rings. The zero-order valence-electron chi connectivity index (χ0n) is 18.7. The molecule has 4 heterocycles. The number of fused-ring (bicyclic) bond motifs is 1. The van der Waals surface area contributed by atoms with Gasteiger partial charge in [0.25, 0.3) is 11.5 Å². The second kappa shape index (κ2) is 10.2. The van der Waals surface area contributed by atoms with Crippen LogP contribution in [-0.2, 0) is 4.79 Å². The topological polar surface area (TPSA) is 57.9 Å². The number of hydrogen-bond acceptors (Lipinski definition) is 6. The van der Waals surface area contributed by atoms with E-state index in [4.69, 9.17) is 17.2 Å². The highest BCUT2D eigenvalue weighted by Crippen LogP contribution is 2.35. The van der Waals surface area contributed by atoms with Gasteiger partial charge in [-0.05, 0) is 43.4 Å². The highest BCUT2D eigenvalue weighted by molar-refractivity contribution is 8.26. The van der Waals surface area contributed by atoms with Gasteiger partial charge in [-0.2, -0.15) is 0 Å². The number of pyridine rings is 1. The summed E-state index contributed by atoms with van der Waals surface area (Å²) in [6.45, 7) is 6.73. The first-order chi connectivity index (χ1) is 15.5. The van der Waals surface area contributed by atoms with Crippen LogP contribution in [-0.4, -0.2) is 44.1 Å². The number of anilines is 1. The van der Waals surface area contributed by atoms with Crippen LogP contribution in [0.5, 0.6) is 0 Å². The van der Waals surface area contributed by atoms with Crippen molar-refractivity contribution in [3.63, 3.8) is 0 Å². The van der Waals surface area contributed by atoms with Crippen molar-refractivity contribution in [3.8, 4) is 0 Å². The number of thiocarbonyl (C=S) groups is 1. The fourth-order valence-corrected chi connectivity index (χ4v) is 5.61.